The fraction of sp³-hybridized carbons (Fsp3) is 0.188. The molecule has 116 valence electrons. The lowest BCUT2D eigenvalue weighted by molar-refractivity contribution is -0.384. The molecule has 2 heterocycles. The normalized spacial score (nSPS) is 11.9. The first-order valence-electron chi connectivity index (χ1n) is 7.51. The van der Waals surface area contributed by atoms with Crippen LogP contribution in [0.4, 0.5) is 17.1 Å². The van der Waals surface area contributed by atoms with E-state index in [4.69, 9.17) is 0 Å². The highest BCUT2D eigenvalue weighted by molar-refractivity contribution is 6.11. The van der Waals surface area contributed by atoms with Crippen molar-refractivity contribution in [1.82, 2.24) is 9.89 Å². The minimum Gasteiger partial charge on any atom is -0.354 e. The summed E-state index contributed by atoms with van der Waals surface area (Å²) in [4.78, 5) is 12.8. The molecule has 0 unspecified atom stereocenters. The highest BCUT2D eigenvalue weighted by atomic mass is 16.6. The van der Waals surface area contributed by atoms with Gasteiger partial charge in [-0.2, -0.15) is 9.89 Å². The van der Waals surface area contributed by atoms with E-state index in [1.54, 1.807) is 10.9 Å². The Morgan fingerprint density at radius 1 is 1.26 bits per heavy atom. The molecular weight excluding hydrogens is 294 g/mol. The first kappa shape index (κ1) is 13.6. The van der Waals surface area contributed by atoms with E-state index in [0.717, 1.165) is 29.6 Å². The van der Waals surface area contributed by atoms with Crippen LogP contribution in [0.3, 0.4) is 0 Å². The molecule has 4 rings (SSSR count). The third-order valence-electron chi connectivity index (χ3n) is 3.96. The van der Waals surface area contributed by atoms with Gasteiger partial charge in [0.25, 0.3) is 5.69 Å². The predicted octanol–water partition coefficient (Wildman–Crippen LogP) is 3.62. The molecule has 1 aliphatic rings. The fourth-order valence-electron chi connectivity index (χ4n) is 2.98. The van der Waals surface area contributed by atoms with Crippen molar-refractivity contribution < 1.29 is 4.92 Å². The maximum atomic E-state index is 11.4. The van der Waals surface area contributed by atoms with E-state index in [9.17, 15) is 10.1 Å². The van der Waals surface area contributed by atoms with Crippen molar-refractivity contribution >= 4 is 28.0 Å². The van der Waals surface area contributed by atoms with E-state index < -0.39 is 0 Å². The molecule has 2 aromatic carbocycles. The molecule has 0 aliphatic carbocycles. The van der Waals surface area contributed by atoms with Gasteiger partial charge < -0.3 is 10.7 Å². The monoisotopic (exact) mass is 309 g/mol. The average molecular weight is 309 g/mol. The Balaban J connectivity index is 2.03. The molecule has 7 nitrogen and oxygen atoms in total. The van der Waals surface area contributed by atoms with Gasteiger partial charge in [0.15, 0.2) is 0 Å². The molecule has 0 bridgehead atoms. The first-order valence-corrected chi connectivity index (χ1v) is 7.51. The van der Waals surface area contributed by atoms with Gasteiger partial charge in [0.2, 0.25) is 0 Å². The van der Waals surface area contributed by atoms with Crippen molar-refractivity contribution in [3.8, 4) is 11.3 Å². The van der Waals surface area contributed by atoms with Crippen LogP contribution < -0.4 is 10.7 Å². The highest BCUT2D eigenvalue weighted by Crippen LogP contribution is 2.46. The Morgan fingerprint density at radius 2 is 2.04 bits per heavy atom. The smallest absolute Gasteiger partial charge is 0.280 e. The Morgan fingerprint density at radius 3 is 2.83 bits per heavy atom. The molecule has 3 aromatic rings. The SMILES string of the molecule is CCCNn1nc2c3c(cccc31)Nc1cccc([N+](=O)[O-])c1-2. The van der Waals surface area contributed by atoms with E-state index in [-0.39, 0.29) is 10.6 Å². The molecule has 7 heteroatoms. The van der Waals surface area contributed by atoms with Crippen LogP contribution in [0, 0.1) is 10.1 Å². The van der Waals surface area contributed by atoms with Crippen LogP contribution in [-0.4, -0.2) is 21.4 Å². The van der Waals surface area contributed by atoms with Crippen LogP contribution in [0.5, 0.6) is 0 Å². The van der Waals surface area contributed by atoms with Crippen LogP contribution in [0.25, 0.3) is 22.2 Å². The molecule has 0 saturated heterocycles. The summed E-state index contributed by atoms with van der Waals surface area (Å²) in [7, 11) is 0. The Labute approximate surface area is 132 Å². The number of rotatable bonds is 4. The zero-order valence-electron chi connectivity index (χ0n) is 12.5. The second-order valence-corrected chi connectivity index (χ2v) is 5.45. The van der Waals surface area contributed by atoms with E-state index in [0.29, 0.717) is 16.9 Å². The largest absolute Gasteiger partial charge is 0.354 e. The number of nitrogens with zero attached hydrogens (tertiary/aromatic N) is 3. The van der Waals surface area contributed by atoms with E-state index in [2.05, 4.69) is 22.8 Å². The number of nitrogens with one attached hydrogen (secondary N) is 2. The Kier molecular flexibility index (Phi) is 2.94. The van der Waals surface area contributed by atoms with Crippen molar-refractivity contribution in [2.45, 2.75) is 13.3 Å². The summed E-state index contributed by atoms with van der Waals surface area (Å²) < 4.78 is 0. The molecular formula is C16H15N5O2. The average Bonchev–Trinajstić information content (AvgIpc) is 2.93. The third kappa shape index (κ3) is 1.93. The molecule has 0 spiro atoms. The number of benzene rings is 2. The number of nitro benzene ring substituents is 1. The van der Waals surface area contributed by atoms with E-state index in [1.165, 1.54) is 6.07 Å². The zero-order valence-corrected chi connectivity index (χ0v) is 12.5. The number of aromatic nitrogens is 2. The number of hydrogen-bond donors (Lipinski definition) is 2. The minimum absolute atomic E-state index is 0.0616. The first-order chi connectivity index (χ1) is 11.2. The molecule has 2 N–H and O–H groups in total. The van der Waals surface area contributed by atoms with Crippen LogP contribution in [-0.2, 0) is 0 Å². The van der Waals surface area contributed by atoms with Crippen molar-refractivity contribution in [3.63, 3.8) is 0 Å². The summed E-state index contributed by atoms with van der Waals surface area (Å²) in [6.45, 7) is 2.85. The van der Waals surface area contributed by atoms with E-state index in [1.807, 2.05) is 24.3 Å². The Hall–Kier alpha value is -3.09. The fourth-order valence-corrected chi connectivity index (χ4v) is 2.98. The van der Waals surface area contributed by atoms with Gasteiger partial charge in [0, 0.05) is 12.6 Å². The highest BCUT2D eigenvalue weighted by Gasteiger charge is 2.29. The molecule has 1 aromatic heterocycles. The zero-order chi connectivity index (χ0) is 16.0. The van der Waals surface area contributed by atoms with Gasteiger partial charge in [-0.05, 0) is 24.6 Å². The molecule has 0 saturated carbocycles. The standard InChI is InChI=1S/C16H15N5O2/c1-2-9-17-20-12-7-3-5-10-14(12)16(19-20)15-11(18-10)6-4-8-13(15)21(22)23/h3-8,17-18H,2,9H2,1H3. The lowest BCUT2D eigenvalue weighted by Gasteiger charge is -2.17. The quantitative estimate of drug-likeness (QED) is 0.444. The van der Waals surface area contributed by atoms with Crippen LogP contribution >= 0.6 is 0 Å². The van der Waals surface area contributed by atoms with Crippen molar-refractivity contribution in [2.75, 3.05) is 17.3 Å². The lowest BCUT2D eigenvalue weighted by atomic mass is 9.99. The van der Waals surface area contributed by atoms with Gasteiger partial charge in [-0.25, -0.2) is 0 Å². The Bertz CT molecular complexity index is 932. The van der Waals surface area contributed by atoms with Crippen molar-refractivity contribution in [3.05, 3.63) is 46.5 Å². The van der Waals surface area contributed by atoms with Crippen LogP contribution in [0.15, 0.2) is 36.4 Å². The summed E-state index contributed by atoms with van der Waals surface area (Å²) in [5.41, 5.74) is 7.00. The molecule has 0 fully saturated rings. The number of anilines is 2. The van der Waals surface area contributed by atoms with Crippen LogP contribution in [0.2, 0.25) is 0 Å². The number of hydrogen-bond acceptors (Lipinski definition) is 5. The van der Waals surface area contributed by atoms with Gasteiger partial charge >= 0.3 is 0 Å². The summed E-state index contributed by atoms with van der Waals surface area (Å²) in [6.07, 6.45) is 0.964. The predicted molar refractivity (Wildman–Crippen MR) is 89.6 cm³/mol. The molecule has 1 aliphatic heterocycles. The van der Waals surface area contributed by atoms with Gasteiger partial charge in [-0.15, -0.1) is 0 Å². The maximum absolute atomic E-state index is 11.4. The van der Waals surface area contributed by atoms with Crippen molar-refractivity contribution in [2.24, 2.45) is 0 Å². The minimum atomic E-state index is -0.362. The summed E-state index contributed by atoms with van der Waals surface area (Å²) in [6, 6.07) is 10.9. The number of nitro groups is 1. The molecule has 23 heavy (non-hydrogen) atoms. The topological polar surface area (TPSA) is 85.0 Å². The second kappa shape index (κ2) is 4.98. The maximum Gasteiger partial charge on any atom is 0.280 e. The summed E-state index contributed by atoms with van der Waals surface area (Å²) >= 11 is 0. The van der Waals surface area contributed by atoms with Crippen molar-refractivity contribution in [1.29, 1.82) is 0 Å². The lowest BCUT2D eigenvalue weighted by Crippen LogP contribution is -2.16. The molecule has 0 radical (unpaired) electrons. The summed E-state index contributed by atoms with van der Waals surface area (Å²) in [5, 5.41) is 20.2. The summed E-state index contributed by atoms with van der Waals surface area (Å²) in [5.74, 6) is 0. The van der Waals surface area contributed by atoms with Gasteiger partial charge in [0.1, 0.15) is 11.3 Å². The molecule has 0 amide bonds. The second-order valence-electron chi connectivity index (χ2n) is 5.45. The molecule has 0 atom stereocenters. The van der Waals surface area contributed by atoms with Gasteiger partial charge in [-0.1, -0.05) is 19.1 Å². The van der Waals surface area contributed by atoms with Crippen LogP contribution in [0.1, 0.15) is 13.3 Å². The number of fused-ring (bicyclic) bond motifs is 2. The third-order valence-corrected chi connectivity index (χ3v) is 3.96. The van der Waals surface area contributed by atoms with Gasteiger partial charge in [0.05, 0.1) is 27.2 Å². The van der Waals surface area contributed by atoms with Gasteiger partial charge in [-0.3, -0.25) is 10.1 Å². The van der Waals surface area contributed by atoms with E-state index >= 15 is 0 Å².